The minimum atomic E-state index is -3.83. The predicted octanol–water partition coefficient (Wildman–Crippen LogP) is 2.83. The maximum atomic E-state index is 12.5. The predicted molar refractivity (Wildman–Crippen MR) is 107 cm³/mol. The molecule has 28 heavy (non-hydrogen) atoms. The van der Waals surface area contributed by atoms with Crippen molar-refractivity contribution in [2.75, 3.05) is 10.0 Å². The second kappa shape index (κ2) is 8.48. The van der Waals surface area contributed by atoms with E-state index in [1.54, 1.807) is 23.1 Å². The minimum Gasteiger partial charge on any atom is -0.324 e. The van der Waals surface area contributed by atoms with Crippen LogP contribution in [-0.4, -0.2) is 34.1 Å². The molecular formula is C17H17BrN6O3S. The number of aromatic nitrogens is 4. The summed E-state index contributed by atoms with van der Waals surface area (Å²) < 4.78 is 29.4. The minimum absolute atomic E-state index is 0.0175. The zero-order valence-electron chi connectivity index (χ0n) is 14.8. The second-order valence-electron chi connectivity index (χ2n) is 5.75. The van der Waals surface area contributed by atoms with Crippen molar-refractivity contribution in [3.63, 3.8) is 0 Å². The van der Waals surface area contributed by atoms with Gasteiger partial charge in [0.15, 0.2) is 0 Å². The standard InChI is InChI=1S/C17H17BrN6O3S/c1-2-15(24-11-12(18)10-21-24)16(25)22-13-4-6-14(7-5-13)28(26,27)23-17-19-8-3-9-20-17/h3-11,15H,2H2,1H3,(H,22,25)(H,19,20,23). The van der Waals surface area contributed by atoms with Crippen molar-refractivity contribution >= 4 is 43.5 Å². The molecular weight excluding hydrogens is 448 g/mol. The summed E-state index contributed by atoms with van der Waals surface area (Å²) in [6.07, 6.45) is 6.75. The van der Waals surface area contributed by atoms with Gasteiger partial charge in [-0.15, -0.1) is 0 Å². The molecule has 0 radical (unpaired) electrons. The summed E-state index contributed by atoms with van der Waals surface area (Å²) in [4.78, 5) is 20.2. The third-order valence-corrected chi connectivity index (χ3v) is 5.56. The lowest BCUT2D eigenvalue weighted by atomic mass is 10.2. The highest BCUT2D eigenvalue weighted by Crippen LogP contribution is 2.20. The van der Waals surface area contributed by atoms with Crippen LogP contribution in [0.2, 0.25) is 0 Å². The van der Waals surface area contributed by atoms with Crippen molar-refractivity contribution < 1.29 is 13.2 Å². The van der Waals surface area contributed by atoms with Gasteiger partial charge in [0.1, 0.15) is 6.04 Å². The summed E-state index contributed by atoms with van der Waals surface area (Å²) in [5.74, 6) is -0.263. The monoisotopic (exact) mass is 464 g/mol. The number of nitrogens with one attached hydrogen (secondary N) is 2. The van der Waals surface area contributed by atoms with Gasteiger partial charge in [-0.1, -0.05) is 6.92 Å². The van der Waals surface area contributed by atoms with Gasteiger partial charge in [0.2, 0.25) is 11.9 Å². The molecule has 2 aromatic heterocycles. The molecule has 3 rings (SSSR count). The molecule has 3 aromatic rings. The van der Waals surface area contributed by atoms with Gasteiger partial charge in [0.25, 0.3) is 10.0 Å². The quantitative estimate of drug-likeness (QED) is 0.554. The molecule has 11 heteroatoms. The van der Waals surface area contributed by atoms with Crippen molar-refractivity contribution in [3.05, 3.63) is 59.6 Å². The second-order valence-corrected chi connectivity index (χ2v) is 8.35. The lowest BCUT2D eigenvalue weighted by molar-refractivity contribution is -0.119. The van der Waals surface area contributed by atoms with Crippen LogP contribution in [0.4, 0.5) is 11.6 Å². The van der Waals surface area contributed by atoms with E-state index in [1.165, 1.54) is 36.7 Å². The Morgan fingerprint density at radius 3 is 2.46 bits per heavy atom. The first-order valence-corrected chi connectivity index (χ1v) is 10.6. The number of anilines is 2. The number of hydrogen-bond donors (Lipinski definition) is 2. The lowest BCUT2D eigenvalue weighted by Crippen LogP contribution is -2.26. The van der Waals surface area contributed by atoms with Crippen LogP contribution in [0.25, 0.3) is 0 Å². The largest absolute Gasteiger partial charge is 0.324 e. The van der Waals surface area contributed by atoms with Gasteiger partial charge in [-0.05, 0) is 52.7 Å². The first kappa shape index (κ1) is 20.0. The van der Waals surface area contributed by atoms with Crippen molar-refractivity contribution in [2.24, 2.45) is 0 Å². The molecule has 0 bridgehead atoms. The fourth-order valence-electron chi connectivity index (χ4n) is 2.45. The third-order valence-electron chi connectivity index (χ3n) is 3.80. The van der Waals surface area contributed by atoms with Gasteiger partial charge >= 0.3 is 0 Å². The number of benzene rings is 1. The van der Waals surface area contributed by atoms with Crippen molar-refractivity contribution in [1.82, 2.24) is 19.7 Å². The fourth-order valence-corrected chi connectivity index (χ4v) is 3.71. The Kier molecular flexibility index (Phi) is 6.05. The topological polar surface area (TPSA) is 119 Å². The van der Waals surface area contributed by atoms with Crippen LogP contribution in [0.3, 0.4) is 0 Å². The Labute approximate surface area is 170 Å². The van der Waals surface area contributed by atoms with E-state index in [9.17, 15) is 13.2 Å². The SMILES string of the molecule is CCC(C(=O)Nc1ccc(S(=O)(=O)Nc2ncccn2)cc1)n1cc(Br)cn1. The molecule has 0 fully saturated rings. The molecule has 0 aliphatic rings. The van der Waals surface area contributed by atoms with Gasteiger partial charge in [-0.25, -0.2) is 23.1 Å². The molecule has 0 saturated carbocycles. The van der Waals surface area contributed by atoms with E-state index < -0.39 is 16.1 Å². The molecule has 0 saturated heterocycles. The van der Waals surface area contributed by atoms with E-state index in [4.69, 9.17) is 0 Å². The zero-order chi connectivity index (χ0) is 20.1. The summed E-state index contributed by atoms with van der Waals surface area (Å²) in [7, 11) is -3.83. The summed E-state index contributed by atoms with van der Waals surface area (Å²) in [6, 6.07) is 6.93. The van der Waals surface area contributed by atoms with E-state index in [1.807, 2.05) is 6.92 Å². The van der Waals surface area contributed by atoms with Crippen LogP contribution in [0.5, 0.6) is 0 Å². The number of rotatable bonds is 7. The van der Waals surface area contributed by atoms with Gasteiger partial charge in [0, 0.05) is 24.3 Å². The molecule has 2 N–H and O–H groups in total. The van der Waals surface area contributed by atoms with Gasteiger partial charge < -0.3 is 5.32 Å². The Morgan fingerprint density at radius 1 is 1.21 bits per heavy atom. The molecule has 0 aliphatic carbocycles. The smallest absolute Gasteiger partial charge is 0.264 e. The molecule has 9 nitrogen and oxygen atoms in total. The summed E-state index contributed by atoms with van der Waals surface area (Å²) in [6.45, 7) is 1.88. The Bertz CT molecular complexity index is 1050. The molecule has 0 aliphatic heterocycles. The number of halogens is 1. The fraction of sp³-hybridized carbons (Fsp3) is 0.176. The first-order chi connectivity index (χ1) is 13.4. The van der Waals surface area contributed by atoms with Crippen molar-refractivity contribution in [2.45, 2.75) is 24.3 Å². The number of carbonyl (C=O) groups is 1. The Morgan fingerprint density at radius 2 is 1.89 bits per heavy atom. The van der Waals surface area contributed by atoms with Crippen LogP contribution in [0, 0.1) is 0 Å². The zero-order valence-corrected chi connectivity index (χ0v) is 17.2. The average Bonchev–Trinajstić information content (AvgIpc) is 3.09. The third kappa shape index (κ3) is 4.73. The van der Waals surface area contributed by atoms with E-state index in [2.05, 4.69) is 41.0 Å². The highest BCUT2D eigenvalue weighted by Gasteiger charge is 2.20. The Balaban J connectivity index is 1.71. The molecule has 2 heterocycles. The highest BCUT2D eigenvalue weighted by atomic mass is 79.9. The summed E-state index contributed by atoms with van der Waals surface area (Å²) in [5.41, 5.74) is 0.476. The molecule has 1 amide bonds. The van der Waals surface area contributed by atoms with Crippen LogP contribution < -0.4 is 10.0 Å². The van der Waals surface area contributed by atoms with Gasteiger partial charge in [-0.3, -0.25) is 9.48 Å². The summed E-state index contributed by atoms with van der Waals surface area (Å²) in [5, 5.41) is 6.92. The maximum absolute atomic E-state index is 12.5. The number of hydrogen-bond acceptors (Lipinski definition) is 6. The maximum Gasteiger partial charge on any atom is 0.264 e. The first-order valence-electron chi connectivity index (χ1n) is 8.29. The normalized spacial score (nSPS) is 12.4. The van der Waals surface area contributed by atoms with Crippen molar-refractivity contribution in [3.8, 4) is 0 Å². The molecule has 1 aromatic carbocycles. The molecule has 1 unspecified atom stereocenters. The lowest BCUT2D eigenvalue weighted by Gasteiger charge is -2.15. The highest BCUT2D eigenvalue weighted by molar-refractivity contribution is 9.10. The number of amides is 1. The number of carbonyl (C=O) groups excluding carboxylic acids is 1. The summed E-state index contributed by atoms with van der Waals surface area (Å²) >= 11 is 3.31. The van der Waals surface area contributed by atoms with E-state index in [0.717, 1.165) is 4.47 Å². The number of sulfonamides is 1. The average molecular weight is 465 g/mol. The van der Waals surface area contributed by atoms with Crippen LogP contribution >= 0.6 is 15.9 Å². The van der Waals surface area contributed by atoms with E-state index >= 15 is 0 Å². The Hall–Kier alpha value is -2.79. The number of nitrogens with zero attached hydrogens (tertiary/aromatic N) is 4. The van der Waals surface area contributed by atoms with Crippen LogP contribution in [0.15, 0.2) is 64.5 Å². The van der Waals surface area contributed by atoms with E-state index in [-0.39, 0.29) is 16.8 Å². The van der Waals surface area contributed by atoms with E-state index in [0.29, 0.717) is 12.1 Å². The molecule has 0 spiro atoms. The van der Waals surface area contributed by atoms with Gasteiger partial charge in [-0.2, -0.15) is 5.10 Å². The molecule has 146 valence electrons. The van der Waals surface area contributed by atoms with Crippen molar-refractivity contribution in [1.29, 1.82) is 0 Å². The van der Waals surface area contributed by atoms with Crippen LogP contribution in [0.1, 0.15) is 19.4 Å². The van der Waals surface area contributed by atoms with Gasteiger partial charge in [0.05, 0.1) is 15.6 Å². The molecule has 1 atom stereocenters. The van der Waals surface area contributed by atoms with Crippen LogP contribution in [-0.2, 0) is 14.8 Å².